The van der Waals surface area contributed by atoms with Gasteiger partial charge in [0.1, 0.15) is 11.2 Å². The Morgan fingerprint density at radius 3 is 1.89 bits per heavy atom. The first-order valence-corrected chi connectivity index (χ1v) is 17.8. The molecule has 3 aromatic heterocycles. The number of hydrogen-bond acceptors (Lipinski definition) is 4. The zero-order valence-electron chi connectivity index (χ0n) is 41.2. The van der Waals surface area contributed by atoms with Crippen LogP contribution in [0.2, 0.25) is 0 Å². The van der Waals surface area contributed by atoms with Gasteiger partial charge in [0, 0.05) is 38.4 Å². The number of aromatic nitrogens is 4. The van der Waals surface area contributed by atoms with Crippen LogP contribution >= 0.6 is 0 Å². The molecule has 262 valence electrons. The molecule has 0 N–H and O–H groups in total. The van der Waals surface area contributed by atoms with E-state index in [9.17, 15) is 4.11 Å². The van der Waals surface area contributed by atoms with Crippen molar-refractivity contribution in [2.24, 2.45) is 0 Å². The Labute approximate surface area is 339 Å². The summed E-state index contributed by atoms with van der Waals surface area (Å²) in [5.41, 5.74) is 3.84. The van der Waals surface area contributed by atoms with Gasteiger partial charge in [-0.25, -0.2) is 15.0 Å². The van der Waals surface area contributed by atoms with Crippen LogP contribution in [0.3, 0.4) is 0 Å². The molecule has 3 heterocycles. The quantitative estimate of drug-likeness (QED) is 0.171. The SMILES string of the molecule is [2H]c1c([2H])c([2H])c(-n2c3c([2H])c([2H])c([2H])c([2H])c3c3c([2H])c(-c4ccccc4-c4nc(-c5ccc(-c6ccccc6)cc5)nc(-c5cccc6c5oc5ccccc56)n4)c([2H])c([2H])c32)c([2H])c1[2H]. The van der Waals surface area contributed by atoms with Gasteiger partial charge < -0.3 is 8.98 Å². The van der Waals surface area contributed by atoms with Crippen molar-refractivity contribution in [3.05, 3.63) is 194 Å². The van der Waals surface area contributed by atoms with E-state index in [-0.39, 0.29) is 44.6 Å². The van der Waals surface area contributed by atoms with Gasteiger partial charge in [0.2, 0.25) is 0 Å². The molecule has 0 aliphatic carbocycles. The van der Waals surface area contributed by atoms with Crippen molar-refractivity contribution in [1.82, 2.24) is 19.5 Å². The minimum Gasteiger partial charge on any atom is -0.455 e. The largest absolute Gasteiger partial charge is 0.455 e. The van der Waals surface area contributed by atoms with Crippen LogP contribution in [-0.2, 0) is 0 Å². The van der Waals surface area contributed by atoms with Gasteiger partial charge in [0.05, 0.1) is 33.0 Å². The van der Waals surface area contributed by atoms with Crippen LogP contribution < -0.4 is 0 Å². The van der Waals surface area contributed by atoms with Crippen LogP contribution in [0.25, 0.3) is 106 Å². The predicted octanol–water partition coefficient (Wildman–Crippen LogP) is 13.2. The zero-order chi connectivity index (χ0) is 47.4. The predicted molar refractivity (Wildman–Crippen MR) is 229 cm³/mol. The van der Waals surface area contributed by atoms with E-state index in [0.717, 1.165) is 26.5 Å². The van der Waals surface area contributed by atoms with Gasteiger partial charge in [-0.2, -0.15) is 0 Å². The lowest BCUT2D eigenvalue weighted by Gasteiger charge is -2.13. The molecule has 56 heavy (non-hydrogen) atoms. The monoisotopic (exact) mass is 728 g/mol. The molecule has 0 aliphatic rings. The van der Waals surface area contributed by atoms with E-state index in [1.165, 1.54) is 0 Å². The Kier molecular flexibility index (Phi) is 5.10. The summed E-state index contributed by atoms with van der Waals surface area (Å²) in [6, 6.07) is 30.3. The van der Waals surface area contributed by atoms with Crippen molar-refractivity contribution in [3.63, 3.8) is 0 Å². The van der Waals surface area contributed by atoms with Gasteiger partial charge in [-0.3, -0.25) is 0 Å². The minimum absolute atomic E-state index is 0.0965. The summed E-state index contributed by atoms with van der Waals surface area (Å²) in [5, 5.41) is 1.35. The van der Waals surface area contributed by atoms with Gasteiger partial charge in [-0.1, -0.05) is 151 Å². The summed E-state index contributed by atoms with van der Waals surface area (Å²) >= 11 is 0. The van der Waals surface area contributed by atoms with Crippen molar-refractivity contribution < 1.29 is 20.9 Å². The minimum atomic E-state index is -0.717. The van der Waals surface area contributed by atoms with Crippen LogP contribution in [0.4, 0.5) is 0 Å². The molecule has 5 heteroatoms. The first kappa shape index (κ1) is 21.9. The highest BCUT2D eigenvalue weighted by atomic mass is 16.3. The van der Waals surface area contributed by atoms with E-state index in [1.54, 1.807) is 24.3 Å². The molecular formula is C51H32N4O. The molecule has 0 fully saturated rings. The second-order valence-electron chi connectivity index (χ2n) is 13.1. The summed E-state index contributed by atoms with van der Waals surface area (Å²) in [7, 11) is 0. The maximum atomic E-state index is 9.90. The van der Waals surface area contributed by atoms with Crippen LogP contribution in [-0.4, -0.2) is 19.5 Å². The summed E-state index contributed by atoms with van der Waals surface area (Å²) in [6.07, 6.45) is 0. The first-order chi connectivity index (χ1) is 32.8. The molecule has 0 amide bonds. The highest BCUT2D eigenvalue weighted by molar-refractivity contribution is 6.11. The van der Waals surface area contributed by atoms with Crippen molar-refractivity contribution >= 4 is 43.7 Å². The van der Waals surface area contributed by atoms with E-state index in [4.69, 9.17) is 31.7 Å². The fraction of sp³-hybridized carbons (Fsp3) is 0. The van der Waals surface area contributed by atoms with Gasteiger partial charge >= 0.3 is 0 Å². The number of hydrogen-bond donors (Lipinski definition) is 0. The summed E-state index contributed by atoms with van der Waals surface area (Å²) in [6.45, 7) is 0. The van der Waals surface area contributed by atoms with Crippen molar-refractivity contribution in [2.45, 2.75) is 0 Å². The molecule has 8 aromatic carbocycles. The third-order valence-corrected chi connectivity index (χ3v) is 9.84. The average molecular weight is 729 g/mol. The number of furan rings is 1. The number of nitrogens with zero attached hydrogens (tertiary/aromatic N) is 4. The Morgan fingerprint density at radius 1 is 0.411 bits per heavy atom. The van der Waals surface area contributed by atoms with Crippen LogP contribution in [0.5, 0.6) is 0 Å². The molecule has 0 unspecified atom stereocenters. The maximum absolute atomic E-state index is 9.90. The van der Waals surface area contributed by atoms with Crippen LogP contribution in [0.1, 0.15) is 16.4 Å². The molecule has 11 aromatic rings. The topological polar surface area (TPSA) is 56.7 Å². The van der Waals surface area contributed by atoms with Gasteiger partial charge in [-0.05, 0) is 64.6 Å². The molecule has 11 rings (SSSR count). The summed E-state index contributed by atoms with van der Waals surface area (Å²) < 4.78 is 115. The lowest BCUT2D eigenvalue weighted by atomic mass is 9.97. The number of rotatable bonds is 6. The second kappa shape index (κ2) is 13.0. The Hall–Kier alpha value is -7.63. The van der Waals surface area contributed by atoms with E-state index in [1.807, 2.05) is 97.1 Å². The second-order valence-corrected chi connectivity index (χ2v) is 13.1. The molecular weight excluding hydrogens is 685 g/mol. The van der Waals surface area contributed by atoms with Gasteiger partial charge in [-0.15, -0.1) is 0 Å². The number of para-hydroxylation sites is 4. The third kappa shape index (κ3) is 5.29. The third-order valence-electron chi connectivity index (χ3n) is 9.84. The maximum Gasteiger partial charge on any atom is 0.167 e. The first-order valence-electron chi connectivity index (χ1n) is 23.8. The molecule has 0 bridgehead atoms. The Balaban J connectivity index is 1.20. The Bertz CT molecular complexity index is 3920. The number of fused-ring (bicyclic) bond motifs is 6. The fourth-order valence-corrected chi connectivity index (χ4v) is 7.24. The molecule has 0 radical (unpaired) electrons. The molecule has 0 saturated carbocycles. The highest BCUT2D eigenvalue weighted by Crippen LogP contribution is 2.39. The normalized spacial score (nSPS) is 14.6. The average Bonchev–Trinajstić information content (AvgIpc) is 3.93. The van der Waals surface area contributed by atoms with Crippen molar-refractivity contribution in [2.75, 3.05) is 0 Å². The van der Waals surface area contributed by atoms with Crippen molar-refractivity contribution in [1.29, 1.82) is 0 Å². The van der Waals surface area contributed by atoms with Crippen molar-refractivity contribution in [3.8, 4) is 62.1 Å². The van der Waals surface area contributed by atoms with Gasteiger partial charge in [0.15, 0.2) is 17.5 Å². The Morgan fingerprint density at radius 2 is 1.04 bits per heavy atom. The molecule has 0 atom stereocenters. The number of benzene rings is 8. The highest BCUT2D eigenvalue weighted by Gasteiger charge is 2.20. The van der Waals surface area contributed by atoms with E-state index in [0.29, 0.717) is 33.7 Å². The molecule has 5 nitrogen and oxygen atoms in total. The van der Waals surface area contributed by atoms with E-state index in [2.05, 4.69) is 0 Å². The lowest BCUT2D eigenvalue weighted by Crippen LogP contribution is -2.01. The van der Waals surface area contributed by atoms with E-state index >= 15 is 0 Å². The summed E-state index contributed by atoms with van der Waals surface area (Å²) in [4.78, 5) is 15.1. The molecule has 0 spiro atoms. The van der Waals surface area contributed by atoms with Crippen LogP contribution in [0, 0.1) is 0 Å². The van der Waals surface area contributed by atoms with Crippen LogP contribution in [0.15, 0.2) is 198 Å². The van der Waals surface area contributed by atoms with Gasteiger partial charge in [0.25, 0.3) is 0 Å². The fourth-order valence-electron chi connectivity index (χ4n) is 7.24. The molecule has 0 saturated heterocycles. The zero-order valence-corrected chi connectivity index (χ0v) is 29.2. The lowest BCUT2D eigenvalue weighted by molar-refractivity contribution is 0.669. The standard InChI is InChI=1S/C51H32N4O/c1-3-14-33(15-4-1)34-26-28-35(29-27-34)49-52-50(54-51(53-49)43-23-13-22-41-40-20-10-12-25-47(40)56-48(41)43)42-21-8-7-18-38(42)36-30-31-46-44(32-36)39-19-9-11-24-45(39)55(46)37-16-5-2-6-17-37/h1-32H/i2D,5D,6D,9D,11D,16D,17D,19D,24D,30D,31D,32D. The molecule has 0 aliphatic heterocycles. The summed E-state index contributed by atoms with van der Waals surface area (Å²) in [5.74, 6) is 0.719. The smallest absolute Gasteiger partial charge is 0.167 e. The van der Waals surface area contributed by atoms with E-state index < -0.39 is 78.2 Å².